The second kappa shape index (κ2) is 7.82. The summed E-state index contributed by atoms with van der Waals surface area (Å²) in [5, 5.41) is 32.5. The molecule has 3 rings (SSSR count). The number of aromatic nitrogens is 4. The largest absolute Gasteiger partial charge is 0.480 e. The van der Waals surface area contributed by atoms with Crippen molar-refractivity contribution in [3.05, 3.63) is 16.7 Å². The number of rotatable bonds is 7. The molecule has 1 aliphatic rings. The van der Waals surface area contributed by atoms with Gasteiger partial charge in [-0.1, -0.05) is 0 Å². The first kappa shape index (κ1) is 19.6. The second-order valence-corrected chi connectivity index (χ2v) is 6.58. The Labute approximate surface area is 157 Å². The number of nitrogens with one attached hydrogen (secondary N) is 2. The van der Waals surface area contributed by atoms with Crippen LogP contribution in [0.25, 0.3) is 11.2 Å². The first-order valence-electron chi connectivity index (χ1n) is 8.14. The molecule has 12 nitrogen and oxygen atoms in total. The van der Waals surface area contributed by atoms with Crippen molar-refractivity contribution in [1.29, 1.82) is 0 Å². The molecule has 2 aromatic rings. The lowest BCUT2D eigenvalue weighted by Crippen LogP contribution is -2.44. The molecule has 7 N–H and O–H groups in total. The van der Waals surface area contributed by atoms with Gasteiger partial charge in [0.2, 0.25) is 5.95 Å². The maximum absolute atomic E-state index is 11.9. The highest BCUT2D eigenvalue weighted by molar-refractivity contribution is 7.80. The van der Waals surface area contributed by atoms with Crippen LogP contribution in [-0.4, -0.2) is 77.5 Å². The molecule has 1 saturated heterocycles. The van der Waals surface area contributed by atoms with Crippen LogP contribution in [0.1, 0.15) is 12.6 Å². The zero-order valence-corrected chi connectivity index (χ0v) is 14.9. The summed E-state index contributed by atoms with van der Waals surface area (Å²) in [7, 11) is 0. The van der Waals surface area contributed by atoms with Crippen LogP contribution < -0.4 is 16.6 Å². The van der Waals surface area contributed by atoms with E-state index in [0.717, 1.165) is 0 Å². The van der Waals surface area contributed by atoms with E-state index in [1.54, 1.807) is 0 Å². The predicted molar refractivity (Wildman–Crippen MR) is 96.4 cm³/mol. The number of anilines is 1. The molecule has 0 aliphatic carbocycles. The van der Waals surface area contributed by atoms with Crippen molar-refractivity contribution in [2.24, 2.45) is 0 Å². The number of carboxylic acid groups (broad SMARTS) is 1. The fraction of sp³-hybridized carbons (Fsp3) is 0.571. The molecule has 0 aromatic carbocycles. The summed E-state index contributed by atoms with van der Waals surface area (Å²) in [6.45, 7) is -0.0117. The number of nitrogens with zero attached hydrogens (tertiary/aromatic N) is 3. The number of aliphatic hydroxyl groups excluding tert-OH is 2. The molecule has 27 heavy (non-hydrogen) atoms. The van der Waals surface area contributed by atoms with Gasteiger partial charge < -0.3 is 31.1 Å². The Hall–Kier alpha value is -2.19. The Morgan fingerprint density at radius 1 is 1.48 bits per heavy atom. The van der Waals surface area contributed by atoms with Crippen molar-refractivity contribution in [2.75, 3.05) is 18.0 Å². The third-order valence-corrected chi connectivity index (χ3v) is 4.60. The van der Waals surface area contributed by atoms with Gasteiger partial charge in [-0.3, -0.25) is 19.1 Å². The quantitative estimate of drug-likeness (QED) is 0.249. The number of carbonyl (C=O) groups is 1. The van der Waals surface area contributed by atoms with Crippen LogP contribution in [0.2, 0.25) is 0 Å². The fourth-order valence-electron chi connectivity index (χ4n) is 2.96. The number of hydrogen-bond donors (Lipinski definition) is 7. The van der Waals surface area contributed by atoms with Crippen LogP contribution in [0.4, 0.5) is 5.95 Å². The summed E-state index contributed by atoms with van der Waals surface area (Å²) in [6.07, 6.45) is -3.05. The molecule has 5 atom stereocenters. The summed E-state index contributed by atoms with van der Waals surface area (Å²) in [4.78, 5) is 33.3. The highest BCUT2D eigenvalue weighted by atomic mass is 32.1. The smallest absolute Gasteiger partial charge is 0.320 e. The third-order valence-electron chi connectivity index (χ3n) is 4.34. The van der Waals surface area contributed by atoms with E-state index in [0.29, 0.717) is 5.75 Å². The van der Waals surface area contributed by atoms with Crippen molar-refractivity contribution < 1.29 is 24.9 Å². The van der Waals surface area contributed by atoms with E-state index in [1.807, 2.05) is 0 Å². The van der Waals surface area contributed by atoms with Gasteiger partial charge in [0.05, 0.1) is 6.33 Å². The van der Waals surface area contributed by atoms with Crippen LogP contribution in [-0.2, 0) is 9.53 Å². The number of carboxylic acids is 1. The monoisotopic (exact) mass is 400 g/mol. The molecule has 1 aliphatic heterocycles. The molecular formula is C14H20N6O6S. The number of nitrogen functional groups attached to an aromatic ring is 1. The van der Waals surface area contributed by atoms with Gasteiger partial charge in [0, 0.05) is 6.54 Å². The fourth-order valence-corrected chi connectivity index (χ4v) is 3.22. The maximum atomic E-state index is 11.9. The number of ether oxygens (including phenoxy) is 1. The summed E-state index contributed by atoms with van der Waals surface area (Å²) in [6, 6.07) is -0.858. The third kappa shape index (κ3) is 3.77. The average Bonchev–Trinajstić information content (AvgIpc) is 3.14. The van der Waals surface area contributed by atoms with E-state index < -0.39 is 42.1 Å². The molecule has 3 heterocycles. The Kier molecular flexibility index (Phi) is 5.67. The average molecular weight is 400 g/mol. The Morgan fingerprint density at radius 2 is 2.22 bits per heavy atom. The number of aliphatic hydroxyl groups is 2. The Morgan fingerprint density at radius 3 is 2.89 bits per heavy atom. The summed E-state index contributed by atoms with van der Waals surface area (Å²) in [5.74, 6) is -0.809. The highest BCUT2D eigenvalue weighted by Crippen LogP contribution is 2.30. The molecule has 0 saturated carbocycles. The van der Waals surface area contributed by atoms with Gasteiger partial charge >= 0.3 is 5.97 Å². The second-order valence-electron chi connectivity index (χ2n) is 6.13. The van der Waals surface area contributed by atoms with Crippen molar-refractivity contribution in [2.45, 2.75) is 37.0 Å². The number of H-pyrrole nitrogens is 1. The molecule has 1 fully saturated rings. The van der Waals surface area contributed by atoms with Gasteiger partial charge in [-0.05, 0) is 12.2 Å². The summed E-state index contributed by atoms with van der Waals surface area (Å²) in [5.41, 5.74) is 5.11. The van der Waals surface area contributed by atoms with Gasteiger partial charge in [-0.25, -0.2) is 4.98 Å². The van der Waals surface area contributed by atoms with Crippen molar-refractivity contribution in [1.82, 2.24) is 24.8 Å². The Bertz CT molecular complexity index is 887. The lowest BCUT2D eigenvalue weighted by Gasteiger charge is -2.19. The van der Waals surface area contributed by atoms with Gasteiger partial charge in [-0.2, -0.15) is 17.6 Å². The van der Waals surface area contributed by atoms with Gasteiger partial charge in [0.1, 0.15) is 24.4 Å². The molecule has 0 amide bonds. The van der Waals surface area contributed by atoms with Gasteiger partial charge in [-0.15, -0.1) is 0 Å². The number of nitrogens with two attached hydrogens (primary N) is 1. The van der Waals surface area contributed by atoms with E-state index in [4.69, 9.17) is 15.6 Å². The minimum absolute atomic E-state index is 0.00999. The van der Waals surface area contributed by atoms with E-state index in [-0.39, 0.29) is 30.1 Å². The number of aliphatic carboxylic acids is 1. The number of imidazole rings is 1. The zero-order chi connectivity index (χ0) is 19.7. The van der Waals surface area contributed by atoms with Crippen LogP contribution in [0.5, 0.6) is 0 Å². The lowest BCUT2D eigenvalue weighted by molar-refractivity contribution is -0.139. The standard InChI is InChI=1S/C14H20N6O6S/c15-14-18-10-7(11(23)19-14)17-4-20(10)12-9(22)8(21)6(26-12)3-16-5(1-2-27)13(24)25/h4-6,8-9,12,16,21-22,27H,1-3H2,(H,24,25)(H3,15,18,19,23)/t5-,6+,8+,9+,12+/m0/s1. The number of hydrogen-bond acceptors (Lipinski definition) is 10. The van der Waals surface area contributed by atoms with Crippen LogP contribution in [0, 0.1) is 0 Å². The zero-order valence-electron chi connectivity index (χ0n) is 14.0. The normalized spacial score (nSPS) is 26.5. The van der Waals surface area contributed by atoms with Crippen LogP contribution >= 0.6 is 12.6 Å². The number of thiol groups is 1. The van der Waals surface area contributed by atoms with Crippen LogP contribution in [0.15, 0.2) is 11.1 Å². The molecule has 0 radical (unpaired) electrons. The van der Waals surface area contributed by atoms with Crippen molar-refractivity contribution >= 4 is 35.7 Å². The van der Waals surface area contributed by atoms with E-state index in [2.05, 4.69) is 32.9 Å². The maximum Gasteiger partial charge on any atom is 0.320 e. The Balaban J connectivity index is 1.79. The molecule has 0 spiro atoms. The molecule has 0 unspecified atom stereocenters. The number of aromatic amines is 1. The molecular weight excluding hydrogens is 380 g/mol. The minimum atomic E-state index is -1.34. The van der Waals surface area contributed by atoms with Crippen molar-refractivity contribution in [3.63, 3.8) is 0 Å². The predicted octanol–water partition coefficient (Wildman–Crippen LogP) is -2.32. The van der Waals surface area contributed by atoms with Crippen molar-refractivity contribution in [3.8, 4) is 0 Å². The summed E-state index contributed by atoms with van der Waals surface area (Å²) < 4.78 is 6.98. The molecule has 0 bridgehead atoms. The van der Waals surface area contributed by atoms with E-state index >= 15 is 0 Å². The van der Waals surface area contributed by atoms with Crippen LogP contribution in [0.3, 0.4) is 0 Å². The minimum Gasteiger partial charge on any atom is -0.480 e. The molecule has 2 aromatic heterocycles. The highest BCUT2D eigenvalue weighted by Gasteiger charge is 2.44. The molecule has 148 valence electrons. The first-order valence-corrected chi connectivity index (χ1v) is 8.77. The SMILES string of the molecule is Nc1nc2c(ncn2[C@@H]2O[C@H](CN[C@@H](CCS)C(=O)O)[C@@H](O)[C@H]2O)c(=O)[nH]1. The van der Waals surface area contributed by atoms with Gasteiger partial charge in [0.15, 0.2) is 17.4 Å². The number of fused-ring (bicyclic) bond motifs is 1. The van der Waals surface area contributed by atoms with Gasteiger partial charge in [0.25, 0.3) is 5.56 Å². The molecule has 13 heteroatoms. The topological polar surface area (TPSA) is 189 Å². The van der Waals surface area contributed by atoms with E-state index in [9.17, 15) is 19.8 Å². The summed E-state index contributed by atoms with van der Waals surface area (Å²) >= 11 is 4.02. The lowest BCUT2D eigenvalue weighted by atomic mass is 10.1. The first-order chi connectivity index (χ1) is 12.8. The van der Waals surface area contributed by atoms with E-state index in [1.165, 1.54) is 10.9 Å².